The second-order valence-corrected chi connectivity index (χ2v) is 6.07. The Kier molecular flexibility index (Phi) is 4.44. The lowest BCUT2D eigenvalue weighted by atomic mass is 10.1. The zero-order valence-corrected chi connectivity index (χ0v) is 13.7. The topological polar surface area (TPSA) is 53.3 Å². The van der Waals surface area contributed by atoms with Gasteiger partial charge in [0.25, 0.3) is 0 Å². The van der Waals surface area contributed by atoms with E-state index < -0.39 is 0 Å². The Morgan fingerprint density at radius 1 is 1.12 bits per heavy atom. The van der Waals surface area contributed by atoms with Gasteiger partial charge in [-0.3, -0.25) is 4.90 Å². The lowest BCUT2D eigenvalue weighted by Gasteiger charge is -2.27. The molecule has 5 heteroatoms. The van der Waals surface area contributed by atoms with Gasteiger partial charge in [-0.1, -0.05) is 30.3 Å². The number of nitrogens with zero attached hydrogens (tertiary/aromatic N) is 2. The third-order valence-electron chi connectivity index (χ3n) is 4.45. The highest BCUT2D eigenvalue weighted by atomic mass is 16.3. The molecule has 3 aromatic rings. The molecule has 24 heavy (non-hydrogen) atoms. The van der Waals surface area contributed by atoms with E-state index in [1.54, 1.807) is 6.20 Å². The molecule has 4 rings (SSSR count). The molecular formula is C19H22N4O. The summed E-state index contributed by atoms with van der Waals surface area (Å²) in [5, 5.41) is 7.96. The summed E-state index contributed by atoms with van der Waals surface area (Å²) in [6.07, 6.45) is 1.80. The predicted molar refractivity (Wildman–Crippen MR) is 97.2 cm³/mol. The van der Waals surface area contributed by atoms with Crippen LogP contribution in [0, 0.1) is 0 Å². The number of benzene rings is 1. The van der Waals surface area contributed by atoms with Crippen molar-refractivity contribution >= 4 is 16.8 Å². The highest BCUT2D eigenvalue weighted by molar-refractivity contribution is 5.91. The molecule has 3 heterocycles. The quantitative estimate of drug-likeness (QED) is 0.756. The van der Waals surface area contributed by atoms with E-state index in [4.69, 9.17) is 4.42 Å². The first-order valence-electron chi connectivity index (χ1n) is 8.51. The van der Waals surface area contributed by atoms with Crippen LogP contribution in [0.25, 0.3) is 22.4 Å². The molecule has 0 bridgehead atoms. The molecule has 0 amide bonds. The van der Waals surface area contributed by atoms with Crippen LogP contribution in [-0.4, -0.2) is 49.2 Å². The Balaban J connectivity index is 1.49. The molecule has 0 unspecified atom stereocenters. The molecule has 1 saturated heterocycles. The average Bonchev–Trinajstić information content (AvgIpc) is 3.09. The Labute approximate surface area is 141 Å². The first-order valence-corrected chi connectivity index (χ1v) is 8.51. The van der Waals surface area contributed by atoms with E-state index in [1.807, 2.05) is 24.3 Å². The molecule has 1 aromatic carbocycles. The van der Waals surface area contributed by atoms with E-state index >= 15 is 0 Å². The number of rotatable bonds is 5. The Morgan fingerprint density at radius 3 is 2.79 bits per heavy atom. The van der Waals surface area contributed by atoms with Crippen LogP contribution in [0.4, 0.5) is 5.69 Å². The normalized spacial score (nSPS) is 15.7. The lowest BCUT2D eigenvalue weighted by molar-refractivity contribution is 0.249. The largest absolute Gasteiger partial charge is 0.438 e. The van der Waals surface area contributed by atoms with Crippen LogP contribution >= 0.6 is 0 Å². The summed E-state index contributed by atoms with van der Waals surface area (Å²) < 4.78 is 5.92. The molecule has 1 aliphatic rings. The molecule has 0 atom stereocenters. The van der Waals surface area contributed by atoms with Crippen LogP contribution in [0.1, 0.15) is 0 Å². The van der Waals surface area contributed by atoms with Crippen molar-refractivity contribution in [3.63, 3.8) is 0 Å². The van der Waals surface area contributed by atoms with Gasteiger partial charge >= 0.3 is 0 Å². The molecule has 124 valence electrons. The predicted octanol–water partition coefficient (Wildman–Crippen LogP) is 2.81. The van der Waals surface area contributed by atoms with Gasteiger partial charge in [-0.25, -0.2) is 4.98 Å². The van der Waals surface area contributed by atoms with Gasteiger partial charge in [0, 0.05) is 56.7 Å². The zero-order chi connectivity index (χ0) is 16.2. The Hall–Kier alpha value is -2.37. The second kappa shape index (κ2) is 7.03. The summed E-state index contributed by atoms with van der Waals surface area (Å²) in [5.41, 5.74) is 2.84. The number of anilines is 1. The zero-order valence-electron chi connectivity index (χ0n) is 13.7. The van der Waals surface area contributed by atoms with Crippen LogP contribution in [0.15, 0.2) is 53.1 Å². The van der Waals surface area contributed by atoms with Crippen molar-refractivity contribution in [3.8, 4) is 11.3 Å². The summed E-state index contributed by atoms with van der Waals surface area (Å²) in [5.74, 6) is 0.856. The summed E-state index contributed by atoms with van der Waals surface area (Å²) >= 11 is 0. The second-order valence-electron chi connectivity index (χ2n) is 6.07. The van der Waals surface area contributed by atoms with Crippen molar-refractivity contribution in [1.82, 2.24) is 15.2 Å². The third kappa shape index (κ3) is 3.27. The molecule has 1 fully saturated rings. The van der Waals surface area contributed by atoms with Gasteiger partial charge in [0.2, 0.25) is 5.71 Å². The Bertz CT molecular complexity index is 793. The third-order valence-corrected chi connectivity index (χ3v) is 4.45. The van der Waals surface area contributed by atoms with E-state index in [-0.39, 0.29) is 0 Å². The highest BCUT2D eigenvalue weighted by Crippen LogP contribution is 2.30. The maximum Gasteiger partial charge on any atom is 0.228 e. The number of pyridine rings is 1. The minimum atomic E-state index is 0.682. The van der Waals surface area contributed by atoms with Gasteiger partial charge in [0.15, 0.2) is 0 Å². The maximum atomic E-state index is 5.92. The van der Waals surface area contributed by atoms with Crippen molar-refractivity contribution in [2.24, 2.45) is 0 Å². The minimum absolute atomic E-state index is 0.682. The number of fused-ring (bicyclic) bond motifs is 1. The number of hydrogen-bond acceptors (Lipinski definition) is 5. The molecule has 1 aliphatic heterocycles. The van der Waals surface area contributed by atoms with Crippen LogP contribution in [-0.2, 0) is 0 Å². The van der Waals surface area contributed by atoms with Gasteiger partial charge in [0.1, 0.15) is 5.76 Å². The fourth-order valence-corrected chi connectivity index (χ4v) is 3.12. The fraction of sp³-hybridized carbons (Fsp3) is 0.316. The Morgan fingerprint density at radius 2 is 1.96 bits per heavy atom. The molecule has 5 nitrogen and oxygen atoms in total. The van der Waals surface area contributed by atoms with E-state index in [0.29, 0.717) is 5.71 Å². The van der Waals surface area contributed by atoms with E-state index in [2.05, 4.69) is 38.7 Å². The van der Waals surface area contributed by atoms with Gasteiger partial charge in [-0.2, -0.15) is 0 Å². The van der Waals surface area contributed by atoms with Crippen LogP contribution in [0.2, 0.25) is 0 Å². The van der Waals surface area contributed by atoms with E-state index in [9.17, 15) is 0 Å². The summed E-state index contributed by atoms with van der Waals surface area (Å²) in [4.78, 5) is 6.84. The first-order chi connectivity index (χ1) is 11.9. The van der Waals surface area contributed by atoms with Crippen LogP contribution < -0.4 is 10.6 Å². The number of aromatic nitrogens is 1. The lowest BCUT2D eigenvalue weighted by Crippen LogP contribution is -2.45. The van der Waals surface area contributed by atoms with Gasteiger partial charge in [0.05, 0.1) is 5.39 Å². The fourth-order valence-electron chi connectivity index (χ4n) is 3.12. The number of piperazine rings is 1. The number of furan rings is 1. The van der Waals surface area contributed by atoms with Crippen molar-refractivity contribution in [2.75, 3.05) is 44.6 Å². The average molecular weight is 322 g/mol. The molecule has 0 aliphatic carbocycles. The molecular weight excluding hydrogens is 300 g/mol. The summed E-state index contributed by atoms with van der Waals surface area (Å²) in [6, 6.07) is 14.2. The van der Waals surface area contributed by atoms with Gasteiger partial charge in [-0.05, 0) is 12.1 Å². The van der Waals surface area contributed by atoms with E-state index in [0.717, 1.165) is 61.7 Å². The monoisotopic (exact) mass is 322 g/mol. The van der Waals surface area contributed by atoms with Crippen molar-refractivity contribution < 1.29 is 4.42 Å². The molecule has 0 spiro atoms. The number of nitrogens with one attached hydrogen (secondary N) is 2. The number of hydrogen-bond donors (Lipinski definition) is 2. The van der Waals surface area contributed by atoms with Gasteiger partial charge in [-0.15, -0.1) is 0 Å². The molecule has 2 N–H and O–H groups in total. The minimum Gasteiger partial charge on any atom is -0.438 e. The summed E-state index contributed by atoms with van der Waals surface area (Å²) in [7, 11) is 0. The van der Waals surface area contributed by atoms with Gasteiger partial charge < -0.3 is 15.1 Å². The molecule has 0 radical (unpaired) electrons. The SMILES string of the molecule is c1ccc(-c2cc3c(NCCN4CCNCC4)ccnc3o2)cc1. The van der Waals surface area contributed by atoms with Crippen molar-refractivity contribution in [3.05, 3.63) is 48.7 Å². The standard InChI is InChI=1S/C19H22N4O/c1-2-4-15(5-3-1)18-14-16-17(6-7-22-19(16)24-18)21-10-13-23-11-8-20-9-12-23/h1-7,14,20H,8-13H2,(H,21,22). The highest BCUT2D eigenvalue weighted by Gasteiger charge is 2.12. The first kappa shape index (κ1) is 15.2. The summed E-state index contributed by atoms with van der Waals surface area (Å²) in [6.45, 7) is 6.39. The van der Waals surface area contributed by atoms with Crippen molar-refractivity contribution in [1.29, 1.82) is 0 Å². The maximum absolute atomic E-state index is 5.92. The van der Waals surface area contributed by atoms with E-state index in [1.165, 1.54) is 0 Å². The van der Waals surface area contributed by atoms with Crippen LogP contribution in [0.5, 0.6) is 0 Å². The van der Waals surface area contributed by atoms with Crippen LogP contribution in [0.3, 0.4) is 0 Å². The van der Waals surface area contributed by atoms with Crippen molar-refractivity contribution in [2.45, 2.75) is 0 Å². The molecule has 0 saturated carbocycles. The smallest absolute Gasteiger partial charge is 0.228 e. The molecule has 2 aromatic heterocycles.